The number of hydrogen-bond acceptors (Lipinski definition) is 2. The van der Waals surface area contributed by atoms with Crippen molar-refractivity contribution in [1.82, 2.24) is 0 Å². The lowest BCUT2D eigenvalue weighted by Gasteiger charge is -2.27. The van der Waals surface area contributed by atoms with E-state index in [0.717, 1.165) is 32.2 Å². The first-order valence-corrected chi connectivity index (χ1v) is 8.40. The van der Waals surface area contributed by atoms with Crippen molar-refractivity contribution < 1.29 is 0 Å². The average Bonchev–Trinajstić information content (AvgIpc) is 2.94. The van der Waals surface area contributed by atoms with Gasteiger partial charge in [0, 0.05) is 24.2 Å². The Kier molecular flexibility index (Phi) is 4.21. The monoisotopic (exact) mass is 294 g/mol. The van der Waals surface area contributed by atoms with Gasteiger partial charge in [0.25, 0.3) is 0 Å². The van der Waals surface area contributed by atoms with Gasteiger partial charge in [-0.15, -0.1) is 0 Å². The third-order valence-corrected chi connectivity index (χ3v) is 5.20. The molecule has 0 saturated heterocycles. The zero-order valence-electron chi connectivity index (χ0n) is 13.7. The molecule has 3 rings (SSSR count). The van der Waals surface area contributed by atoms with E-state index < -0.39 is 0 Å². The molecule has 0 aromatic heterocycles. The fourth-order valence-corrected chi connectivity index (χ4v) is 3.37. The van der Waals surface area contributed by atoms with Crippen molar-refractivity contribution in [3.63, 3.8) is 0 Å². The Labute approximate surface area is 133 Å². The van der Waals surface area contributed by atoms with Crippen molar-refractivity contribution in [3.05, 3.63) is 53.6 Å². The van der Waals surface area contributed by atoms with Crippen LogP contribution in [0.5, 0.6) is 0 Å². The van der Waals surface area contributed by atoms with Crippen LogP contribution in [0, 0.1) is 0 Å². The molecular weight excluding hydrogens is 268 g/mol. The summed E-state index contributed by atoms with van der Waals surface area (Å²) in [5.74, 6) is 0. The maximum Gasteiger partial charge on any atom is 0.0382 e. The highest BCUT2D eigenvalue weighted by Gasteiger charge is 2.22. The fraction of sp³-hybridized carbons (Fsp3) is 0.400. The zero-order chi connectivity index (χ0) is 15.6. The molecule has 1 aliphatic rings. The van der Waals surface area contributed by atoms with Crippen molar-refractivity contribution in [1.29, 1.82) is 0 Å². The Bertz CT molecular complexity index is 657. The Morgan fingerprint density at radius 1 is 1.00 bits per heavy atom. The second-order valence-electron chi connectivity index (χ2n) is 6.41. The zero-order valence-corrected chi connectivity index (χ0v) is 13.7. The number of fused-ring (bicyclic) bond motifs is 3. The molecule has 116 valence electrons. The highest BCUT2D eigenvalue weighted by Crippen LogP contribution is 2.39. The molecule has 0 fully saturated rings. The quantitative estimate of drug-likeness (QED) is 0.698. The molecule has 0 unspecified atom stereocenters. The SMILES string of the molecule is CCC(N)(CC)CCNc1cccc2c1Cc1ccccc1-2. The van der Waals surface area contributed by atoms with Crippen LogP contribution in [-0.2, 0) is 6.42 Å². The van der Waals surface area contributed by atoms with Crippen molar-refractivity contribution >= 4 is 5.69 Å². The molecule has 0 atom stereocenters. The van der Waals surface area contributed by atoms with Crippen LogP contribution < -0.4 is 11.1 Å². The minimum atomic E-state index is -0.0338. The molecule has 0 aliphatic heterocycles. The maximum absolute atomic E-state index is 6.40. The summed E-state index contributed by atoms with van der Waals surface area (Å²) >= 11 is 0. The molecule has 2 heteroatoms. The lowest BCUT2D eigenvalue weighted by Crippen LogP contribution is -2.40. The molecule has 2 aromatic carbocycles. The van der Waals surface area contributed by atoms with Gasteiger partial charge < -0.3 is 11.1 Å². The van der Waals surface area contributed by atoms with Crippen LogP contribution in [0.1, 0.15) is 44.2 Å². The van der Waals surface area contributed by atoms with Gasteiger partial charge >= 0.3 is 0 Å². The van der Waals surface area contributed by atoms with Crippen LogP contribution in [0.4, 0.5) is 5.69 Å². The predicted octanol–water partition coefficient (Wildman–Crippen LogP) is 4.58. The van der Waals surface area contributed by atoms with Gasteiger partial charge in [-0.2, -0.15) is 0 Å². The average molecular weight is 294 g/mol. The van der Waals surface area contributed by atoms with Crippen LogP contribution in [0.2, 0.25) is 0 Å². The summed E-state index contributed by atoms with van der Waals surface area (Å²) in [4.78, 5) is 0. The first-order valence-electron chi connectivity index (χ1n) is 8.40. The molecule has 0 bridgehead atoms. The molecule has 1 aliphatic carbocycles. The number of hydrogen-bond donors (Lipinski definition) is 2. The van der Waals surface area contributed by atoms with Gasteiger partial charge in [0.05, 0.1) is 0 Å². The Morgan fingerprint density at radius 2 is 1.73 bits per heavy atom. The largest absolute Gasteiger partial charge is 0.385 e. The minimum absolute atomic E-state index is 0.0338. The summed E-state index contributed by atoms with van der Waals surface area (Å²) in [6, 6.07) is 15.3. The van der Waals surface area contributed by atoms with Gasteiger partial charge in [-0.25, -0.2) is 0 Å². The molecule has 3 N–H and O–H groups in total. The van der Waals surface area contributed by atoms with Crippen LogP contribution in [-0.4, -0.2) is 12.1 Å². The molecule has 2 aromatic rings. The van der Waals surface area contributed by atoms with Crippen molar-refractivity contribution in [3.8, 4) is 11.1 Å². The van der Waals surface area contributed by atoms with E-state index in [9.17, 15) is 0 Å². The Hall–Kier alpha value is -1.80. The molecule has 2 nitrogen and oxygen atoms in total. The van der Waals surface area contributed by atoms with Crippen LogP contribution in [0.15, 0.2) is 42.5 Å². The summed E-state index contributed by atoms with van der Waals surface area (Å²) in [6.45, 7) is 5.30. The van der Waals surface area contributed by atoms with E-state index in [0.29, 0.717) is 0 Å². The van der Waals surface area contributed by atoms with Gasteiger partial charge in [-0.05, 0) is 47.6 Å². The summed E-state index contributed by atoms with van der Waals surface area (Å²) in [5, 5.41) is 3.62. The Balaban J connectivity index is 1.75. The van der Waals surface area contributed by atoms with Crippen molar-refractivity contribution in [2.24, 2.45) is 5.73 Å². The van der Waals surface area contributed by atoms with Crippen LogP contribution in [0.3, 0.4) is 0 Å². The summed E-state index contributed by atoms with van der Waals surface area (Å²) in [7, 11) is 0. The van der Waals surface area contributed by atoms with Crippen molar-refractivity contribution in [2.45, 2.75) is 45.1 Å². The summed E-state index contributed by atoms with van der Waals surface area (Å²) < 4.78 is 0. The van der Waals surface area contributed by atoms with Gasteiger partial charge in [0.15, 0.2) is 0 Å². The number of nitrogens with one attached hydrogen (secondary N) is 1. The fourth-order valence-electron chi connectivity index (χ4n) is 3.37. The van der Waals surface area contributed by atoms with E-state index in [-0.39, 0.29) is 5.54 Å². The van der Waals surface area contributed by atoms with E-state index in [4.69, 9.17) is 5.73 Å². The molecule has 0 saturated carbocycles. The molecule has 0 heterocycles. The number of nitrogens with two attached hydrogens (primary N) is 1. The van der Waals surface area contributed by atoms with E-state index in [1.807, 2.05) is 0 Å². The third kappa shape index (κ3) is 2.76. The Morgan fingerprint density at radius 3 is 2.50 bits per heavy atom. The highest BCUT2D eigenvalue weighted by atomic mass is 14.9. The summed E-state index contributed by atoms with van der Waals surface area (Å²) in [5.41, 5.74) is 13.3. The minimum Gasteiger partial charge on any atom is -0.385 e. The van der Waals surface area contributed by atoms with Crippen LogP contribution >= 0.6 is 0 Å². The van der Waals surface area contributed by atoms with Gasteiger partial charge in [-0.1, -0.05) is 50.2 Å². The highest BCUT2D eigenvalue weighted by molar-refractivity contribution is 5.81. The van der Waals surface area contributed by atoms with E-state index in [2.05, 4.69) is 61.6 Å². The molecule has 0 amide bonds. The van der Waals surface area contributed by atoms with Crippen molar-refractivity contribution in [2.75, 3.05) is 11.9 Å². The standard InChI is InChI=1S/C20H26N2/c1-3-20(21,4-2)12-13-22-19-11-7-10-17-16-9-6-5-8-15(16)14-18(17)19/h5-11,22H,3-4,12-14,21H2,1-2H3. The lowest BCUT2D eigenvalue weighted by atomic mass is 9.90. The first-order chi connectivity index (χ1) is 10.7. The first kappa shape index (κ1) is 15.1. The van der Waals surface area contributed by atoms with E-state index in [1.54, 1.807) is 0 Å². The normalized spacial score (nSPS) is 12.9. The second kappa shape index (κ2) is 6.13. The predicted molar refractivity (Wildman–Crippen MR) is 95.3 cm³/mol. The molecule has 0 spiro atoms. The maximum atomic E-state index is 6.40. The third-order valence-electron chi connectivity index (χ3n) is 5.20. The molecular formula is C20H26N2. The topological polar surface area (TPSA) is 38.0 Å². The lowest BCUT2D eigenvalue weighted by molar-refractivity contribution is 0.376. The van der Waals surface area contributed by atoms with Crippen LogP contribution in [0.25, 0.3) is 11.1 Å². The van der Waals surface area contributed by atoms with Gasteiger partial charge in [0.1, 0.15) is 0 Å². The summed E-state index contributed by atoms with van der Waals surface area (Å²) in [6.07, 6.45) is 4.10. The van der Waals surface area contributed by atoms with Gasteiger partial charge in [0.2, 0.25) is 0 Å². The second-order valence-corrected chi connectivity index (χ2v) is 6.41. The molecule has 0 radical (unpaired) electrons. The number of anilines is 1. The number of benzene rings is 2. The number of rotatable bonds is 6. The molecule has 22 heavy (non-hydrogen) atoms. The van der Waals surface area contributed by atoms with E-state index >= 15 is 0 Å². The van der Waals surface area contributed by atoms with E-state index in [1.165, 1.54) is 27.9 Å². The smallest absolute Gasteiger partial charge is 0.0382 e. The van der Waals surface area contributed by atoms with Gasteiger partial charge in [-0.3, -0.25) is 0 Å².